The fourth-order valence-electron chi connectivity index (χ4n) is 2.19. The van der Waals surface area contributed by atoms with Crippen LogP contribution in [-0.2, 0) is 9.53 Å². The molecule has 1 saturated heterocycles. The van der Waals surface area contributed by atoms with Crippen molar-refractivity contribution in [2.24, 2.45) is 0 Å². The monoisotopic (exact) mass is 264 g/mol. The van der Waals surface area contributed by atoms with E-state index in [9.17, 15) is 4.79 Å². The van der Waals surface area contributed by atoms with Gasteiger partial charge in [-0.15, -0.1) is 0 Å². The largest absolute Gasteiger partial charge is 0.494 e. The van der Waals surface area contributed by atoms with Gasteiger partial charge in [0.15, 0.2) is 0 Å². The molecular formula is C14H20N2O3. The van der Waals surface area contributed by atoms with Crippen molar-refractivity contribution < 1.29 is 14.3 Å². The van der Waals surface area contributed by atoms with Crippen LogP contribution in [0, 0.1) is 0 Å². The molecule has 1 aliphatic rings. The van der Waals surface area contributed by atoms with Crippen LogP contribution in [0.4, 0.5) is 0 Å². The molecule has 1 fully saturated rings. The van der Waals surface area contributed by atoms with Crippen molar-refractivity contribution in [2.45, 2.75) is 13.1 Å². The highest BCUT2D eigenvalue weighted by molar-refractivity contribution is 5.80. The summed E-state index contributed by atoms with van der Waals surface area (Å²) in [5, 5.41) is 3.21. The Morgan fingerprint density at radius 2 is 2.11 bits per heavy atom. The molecular weight excluding hydrogens is 244 g/mol. The van der Waals surface area contributed by atoms with Gasteiger partial charge in [0.1, 0.15) is 11.9 Å². The van der Waals surface area contributed by atoms with Crippen LogP contribution in [0.5, 0.6) is 5.75 Å². The van der Waals surface area contributed by atoms with E-state index in [1.807, 2.05) is 31.2 Å². The average Bonchev–Trinajstić information content (AvgIpc) is 2.79. The quantitative estimate of drug-likeness (QED) is 0.838. The highest BCUT2D eigenvalue weighted by Crippen LogP contribution is 2.24. The summed E-state index contributed by atoms with van der Waals surface area (Å²) in [6.45, 7) is 4.12. The van der Waals surface area contributed by atoms with Crippen molar-refractivity contribution in [2.75, 3.05) is 33.4 Å². The Balaban J connectivity index is 2.08. The minimum Gasteiger partial charge on any atom is -0.494 e. The molecule has 2 rings (SSSR count). The second-order valence-corrected chi connectivity index (χ2v) is 4.37. The van der Waals surface area contributed by atoms with Gasteiger partial charge in [0.25, 0.3) is 0 Å². The zero-order valence-corrected chi connectivity index (χ0v) is 11.4. The van der Waals surface area contributed by atoms with E-state index in [0.717, 1.165) is 11.3 Å². The Hall–Kier alpha value is -1.59. The molecule has 0 saturated carbocycles. The first-order valence-electron chi connectivity index (χ1n) is 6.50. The van der Waals surface area contributed by atoms with Crippen molar-refractivity contribution in [1.82, 2.24) is 10.2 Å². The molecule has 1 atom stereocenters. The van der Waals surface area contributed by atoms with Gasteiger partial charge in [-0.05, 0) is 24.6 Å². The number of ether oxygens (including phenoxy) is 2. The second kappa shape index (κ2) is 6.54. The van der Waals surface area contributed by atoms with Gasteiger partial charge < -0.3 is 14.4 Å². The number of hydrogen-bond acceptors (Lipinski definition) is 4. The Bertz CT molecular complexity index is 419. The Kier molecular flexibility index (Phi) is 4.76. The third kappa shape index (κ3) is 3.24. The molecule has 19 heavy (non-hydrogen) atoms. The number of benzene rings is 1. The first-order chi connectivity index (χ1) is 9.26. The molecule has 1 aromatic carbocycles. The molecule has 5 nitrogen and oxygen atoms in total. The lowest BCUT2D eigenvalue weighted by atomic mass is 10.1. The molecule has 0 bridgehead atoms. The van der Waals surface area contributed by atoms with E-state index in [1.54, 1.807) is 12.0 Å². The van der Waals surface area contributed by atoms with E-state index in [4.69, 9.17) is 9.47 Å². The summed E-state index contributed by atoms with van der Waals surface area (Å²) in [5.41, 5.74) is 1.06. The molecule has 0 aliphatic carbocycles. The highest BCUT2D eigenvalue weighted by Gasteiger charge is 2.30. The number of methoxy groups -OCH3 is 1. The lowest BCUT2D eigenvalue weighted by molar-refractivity contribution is -0.128. The molecule has 1 amide bonds. The molecule has 1 N–H and O–H groups in total. The number of carbonyl (C=O) groups excluding carboxylic acids is 1. The van der Waals surface area contributed by atoms with E-state index >= 15 is 0 Å². The standard InChI is InChI=1S/C14H20N2O3/c1-3-19-12-6-4-11(5-7-12)14-15-10-13(17)16(14)8-9-18-2/h4-7,14-15H,3,8-10H2,1-2H3. The van der Waals surface area contributed by atoms with Crippen LogP contribution in [0.25, 0.3) is 0 Å². The molecule has 5 heteroatoms. The summed E-state index contributed by atoms with van der Waals surface area (Å²) in [5.74, 6) is 0.954. The minimum atomic E-state index is -0.0710. The maximum atomic E-state index is 11.8. The van der Waals surface area contributed by atoms with Gasteiger partial charge >= 0.3 is 0 Å². The van der Waals surface area contributed by atoms with Crippen molar-refractivity contribution in [1.29, 1.82) is 0 Å². The Morgan fingerprint density at radius 1 is 1.37 bits per heavy atom. The fourth-order valence-corrected chi connectivity index (χ4v) is 2.19. The van der Waals surface area contributed by atoms with Crippen LogP contribution < -0.4 is 10.1 Å². The molecule has 1 unspecified atom stereocenters. The summed E-state index contributed by atoms with van der Waals surface area (Å²) in [6.07, 6.45) is -0.0710. The van der Waals surface area contributed by atoms with E-state index in [0.29, 0.717) is 26.3 Å². The van der Waals surface area contributed by atoms with Gasteiger partial charge in [0.05, 0.1) is 19.8 Å². The van der Waals surface area contributed by atoms with Gasteiger partial charge in [-0.1, -0.05) is 12.1 Å². The second-order valence-electron chi connectivity index (χ2n) is 4.37. The Labute approximate surface area is 113 Å². The van der Waals surface area contributed by atoms with Crippen LogP contribution in [0.2, 0.25) is 0 Å². The first kappa shape index (κ1) is 13.8. The molecule has 104 valence electrons. The summed E-state index contributed by atoms with van der Waals surface area (Å²) in [4.78, 5) is 13.6. The van der Waals surface area contributed by atoms with Crippen molar-refractivity contribution in [3.05, 3.63) is 29.8 Å². The molecule has 1 heterocycles. The molecule has 1 aliphatic heterocycles. The molecule has 0 spiro atoms. The predicted octanol–water partition coefficient (Wildman–Crippen LogP) is 1.16. The topological polar surface area (TPSA) is 50.8 Å². The summed E-state index contributed by atoms with van der Waals surface area (Å²) in [7, 11) is 1.64. The smallest absolute Gasteiger partial charge is 0.238 e. The maximum Gasteiger partial charge on any atom is 0.238 e. The van der Waals surface area contributed by atoms with E-state index in [2.05, 4.69) is 5.32 Å². The molecule has 1 aromatic rings. The molecule has 0 aromatic heterocycles. The van der Waals surface area contributed by atoms with E-state index in [1.165, 1.54) is 0 Å². The van der Waals surface area contributed by atoms with Crippen LogP contribution in [-0.4, -0.2) is 44.2 Å². The SMILES string of the molecule is CCOc1ccc(C2NCC(=O)N2CCOC)cc1. The Morgan fingerprint density at radius 3 is 2.74 bits per heavy atom. The first-order valence-corrected chi connectivity index (χ1v) is 6.50. The van der Waals surface area contributed by atoms with Crippen LogP contribution in [0.1, 0.15) is 18.7 Å². The van der Waals surface area contributed by atoms with Gasteiger partial charge in [-0.2, -0.15) is 0 Å². The van der Waals surface area contributed by atoms with Gasteiger partial charge in [-0.3, -0.25) is 10.1 Å². The minimum absolute atomic E-state index is 0.0710. The van der Waals surface area contributed by atoms with E-state index in [-0.39, 0.29) is 12.1 Å². The van der Waals surface area contributed by atoms with Crippen LogP contribution >= 0.6 is 0 Å². The lowest BCUT2D eigenvalue weighted by Crippen LogP contribution is -2.33. The zero-order valence-electron chi connectivity index (χ0n) is 11.4. The number of carbonyl (C=O) groups is 1. The predicted molar refractivity (Wildman–Crippen MR) is 71.9 cm³/mol. The number of hydrogen-bond donors (Lipinski definition) is 1. The maximum absolute atomic E-state index is 11.8. The number of nitrogens with zero attached hydrogens (tertiary/aromatic N) is 1. The van der Waals surface area contributed by atoms with Crippen molar-refractivity contribution in [3.63, 3.8) is 0 Å². The number of amides is 1. The van der Waals surface area contributed by atoms with Crippen molar-refractivity contribution in [3.8, 4) is 5.75 Å². The summed E-state index contributed by atoms with van der Waals surface area (Å²) >= 11 is 0. The normalized spacial score (nSPS) is 18.9. The third-order valence-electron chi connectivity index (χ3n) is 3.12. The van der Waals surface area contributed by atoms with Gasteiger partial charge in [0.2, 0.25) is 5.91 Å². The van der Waals surface area contributed by atoms with Gasteiger partial charge in [-0.25, -0.2) is 0 Å². The third-order valence-corrected chi connectivity index (χ3v) is 3.12. The fraction of sp³-hybridized carbons (Fsp3) is 0.500. The summed E-state index contributed by atoms with van der Waals surface area (Å²) < 4.78 is 10.5. The summed E-state index contributed by atoms with van der Waals surface area (Å²) in [6, 6.07) is 7.83. The van der Waals surface area contributed by atoms with Crippen LogP contribution in [0.3, 0.4) is 0 Å². The zero-order chi connectivity index (χ0) is 13.7. The van der Waals surface area contributed by atoms with Crippen LogP contribution in [0.15, 0.2) is 24.3 Å². The lowest BCUT2D eigenvalue weighted by Gasteiger charge is -2.24. The molecule has 0 radical (unpaired) electrons. The number of rotatable bonds is 6. The van der Waals surface area contributed by atoms with E-state index < -0.39 is 0 Å². The number of nitrogens with one attached hydrogen (secondary N) is 1. The average molecular weight is 264 g/mol. The van der Waals surface area contributed by atoms with Gasteiger partial charge in [0, 0.05) is 13.7 Å². The van der Waals surface area contributed by atoms with Crippen molar-refractivity contribution >= 4 is 5.91 Å². The highest BCUT2D eigenvalue weighted by atomic mass is 16.5.